The summed E-state index contributed by atoms with van der Waals surface area (Å²) < 4.78 is 0. The van der Waals surface area contributed by atoms with Gasteiger partial charge in [0.15, 0.2) is 0 Å². The number of rotatable bonds is 0. The molecule has 1 aliphatic rings. The van der Waals surface area contributed by atoms with Crippen LogP contribution in [0.15, 0.2) is 11.1 Å². The molecule has 1 rings (SSSR count). The van der Waals surface area contributed by atoms with Crippen LogP contribution in [-0.2, 0) is 0 Å². The molecule has 0 aliphatic heterocycles. The van der Waals surface area contributed by atoms with Crippen LogP contribution in [0.2, 0.25) is 0 Å². The molecule has 0 aromatic rings. The lowest BCUT2D eigenvalue weighted by Gasteiger charge is -2.34. The molecule has 2 N–H and O–H groups in total. The third-order valence-electron chi connectivity index (χ3n) is 2.80. The fourth-order valence-corrected chi connectivity index (χ4v) is 2.25. The zero-order chi connectivity index (χ0) is 11.6. The summed E-state index contributed by atoms with van der Waals surface area (Å²) in [5.41, 5.74) is 2.14. The molecule has 2 atom stereocenters. The third-order valence-corrected chi connectivity index (χ3v) is 2.80. The molecular formula is C13H20O2. The molecule has 15 heavy (non-hydrogen) atoms. The Kier molecular flexibility index (Phi) is 3.59. The average Bonchev–Trinajstić information content (AvgIpc) is 1.98. The summed E-state index contributed by atoms with van der Waals surface area (Å²) >= 11 is 0. The smallest absolute Gasteiger partial charge is 0.112 e. The second-order valence-electron chi connectivity index (χ2n) is 5.05. The van der Waals surface area contributed by atoms with Gasteiger partial charge >= 0.3 is 0 Å². The standard InChI is InChI=1S/C13H20O2/c1-9-7-11(15)8-13(3,4)12(9)6-5-10(2)14/h10-11,14-15H,7-8H2,1-4H3/t10?,11-/m1/s1. The van der Waals surface area contributed by atoms with Crippen molar-refractivity contribution in [3.63, 3.8) is 0 Å². The van der Waals surface area contributed by atoms with Crippen LogP contribution in [0.1, 0.15) is 40.5 Å². The van der Waals surface area contributed by atoms with E-state index < -0.39 is 6.10 Å². The molecule has 2 nitrogen and oxygen atoms in total. The highest BCUT2D eigenvalue weighted by molar-refractivity contribution is 5.40. The highest BCUT2D eigenvalue weighted by atomic mass is 16.3. The molecule has 0 saturated heterocycles. The van der Waals surface area contributed by atoms with E-state index >= 15 is 0 Å². The summed E-state index contributed by atoms with van der Waals surface area (Å²) in [5.74, 6) is 5.83. The minimum Gasteiger partial charge on any atom is -0.393 e. The largest absolute Gasteiger partial charge is 0.393 e. The highest BCUT2D eigenvalue weighted by Crippen LogP contribution is 2.39. The lowest BCUT2D eigenvalue weighted by Crippen LogP contribution is -2.28. The van der Waals surface area contributed by atoms with E-state index in [1.165, 1.54) is 0 Å². The van der Waals surface area contributed by atoms with Crippen molar-refractivity contribution in [2.45, 2.75) is 52.7 Å². The van der Waals surface area contributed by atoms with Crippen LogP contribution in [0.4, 0.5) is 0 Å². The number of hydrogen-bond donors (Lipinski definition) is 2. The van der Waals surface area contributed by atoms with Gasteiger partial charge in [-0.3, -0.25) is 0 Å². The summed E-state index contributed by atoms with van der Waals surface area (Å²) in [7, 11) is 0. The summed E-state index contributed by atoms with van der Waals surface area (Å²) in [6.07, 6.45) is 0.603. The minimum absolute atomic E-state index is 0.0797. The monoisotopic (exact) mass is 208 g/mol. The second-order valence-corrected chi connectivity index (χ2v) is 5.05. The van der Waals surface area contributed by atoms with Gasteiger partial charge in [0.1, 0.15) is 6.10 Å². The van der Waals surface area contributed by atoms with Gasteiger partial charge in [-0.05, 0) is 26.7 Å². The van der Waals surface area contributed by atoms with Gasteiger partial charge in [-0.25, -0.2) is 0 Å². The molecule has 84 valence electrons. The Morgan fingerprint density at radius 3 is 2.53 bits per heavy atom. The normalized spacial score (nSPS) is 26.9. The van der Waals surface area contributed by atoms with Crippen molar-refractivity contribution in [2.24, 2.45) is 5.41 Å². The van der Waals surface area contributed by atoms with Gasteiger partial charge in [0.25, 0.3) is 0 Å². The summed E-state index contributed by atoms with van der Waals surface area (Å²) in [4.78, 5) is 0. The fraction of sp³-hybridized carbons (Fsp3) is 0.692. The molecule has 1 unspecified atom stereocenters. The Labute approximate surface area is 92.0 Å². The first-order chi connectivity index (χ1) is 6.83. The number of aliphatic hydroxyl groups is 2. The van der Waals surface area contributed by atoms with Crippen molar-refractivity contribution in [1.82, 2.24) is 0 Å². The first kappa shape index (κ1) is 12.3. The van der Waals surface area contributed by atoms with Crippen LogP contribution in [0.25, 0.3) is 0 Å². The van der Waals surface area contributed by atoms with Crippen molar-refractivity contribution in [1.29, 1.82) is 0 Å². The van der Waals surface area contributed by atoms with Gasteiger partial charge in [-0.2, -0.15) is 0 Å². The zero-order valence-electron chi connectivity index (χ0n) is 9.96. The highest BCUT2D eigenvalue weighted by Gasteiger charge is 2.31. The van der Waals surface area contributed by atoms with Gasteiger partial charge < -0.3 is 10.2 Å². The average molecular weight is 208 g/mol. The summed E-state index contributed by atoms with van der Waals surface area (Å²) in [6.45, 7) is 7.85. The van der Waals surface area contributed by atoms with E-state index in [-0.39, 0.29) is 11.5 Å². The molecule has 0 aromatic carbocycles. The molecule has 0 bridgehead atoms. The Balaban J connectivity index is 3.03. The van der Waals surface area contributed by atoms with E-state index in [9.17, 15) is 5.11 Å². The van der Waals surface area contributed by atoms with Crippen molar-refractivity contribution in [2.75, 3.05) is 0 Å². The minimum atomic E-state index is -0.590. The quantitative estimate of drug-likeness (QED) is 0.597. The Morgan fingerprint density at radius 2 is 2.07 bits per heavy atom. The van der Waals surface area contributed by atoms with Crippen molar-refractivity contribution >= 4 is 0 Å². The van der Waals surface area contributed by atoms with Crippen LogP contribution in [0.5, 0.6) is 0 Å². The molecule has 2 heteroatoms. The van der Waals surface area contributed by atoms with Crippen molar-refractivity contribution in [3.8, 4) is 11.8 Å². The second kappa shape index (κ2) is 4.38. The van der Waals surface area contributed by atoms with Gasteiger partial charge in [0.2, 0.25) is 0 Å². The van der Waals surface area contributed by atoms with Crippen molar-refractivity contribution < 1.29 is 10.2 Å². The maximum Gasteiger partial charge on any atom is 0.112 e. The molecule has 0 fully saturated rings. The lowest BCUT2D eigenvalue weighted by molar-refractivity contribution is 0.117. The van der Waals surface area contributed by atoms with Crippen LogP contribution >= 0.6 is 0 Å². The van der Waals surface area contributed by atoms with E-state index in [4.69, 9.17) is 5.11 Å². The first-order valence-electron chi connectivity index (χ1n) is 5.41. The van der Waals surface area contributed by atoms with Crippen LogP contribution in [0, 0.1) is 17.3 Å². The Morgan fingerprint density at radius 1 is 1.47 bits per heavy atom. The number of aliphatic hydroxyl groups excluding tert-OH is 2. The molecule has 0 radical (unpaired) electrons. The van der Waals surface area contributed by atoms with Gasteiger partial charge in [0, 0.05) is 11.0 Å². The lowest BCUT2D eigenvalue weighted by atomic mass is 9.72. The SMILES string of the molecule is CC1=C(C#CC(C)O)C(C)(C)C[C@H](O)C1. The molecule has 0 aromatic heterocycles. The van der Waals surface area contributed by atoms with E-state index in [2.05, 4.69) is 25.7 Å². The van der Waals surface area contributed by atoms with E-state index in [1.807, 2.05) is 6.92 Å². The maximum atomic E-state index is 9.68. The van der Waals surface area contributed by atoms with Crippen molar-refractivity contribution in [3.05, 3.63) is 11.1 Å². The summed E-state index contributed by atoms with van der Waals surface area (Å²) in [6, 6.07) is 0. The molecular weight excluding hydrogens is 188 g/mol. The Hall–Kier alpha value is -0.780. The maximum absolute atomic E-state index is 9.68. The molecule has 0 heterocycles. The number of allylic oxidation sites excluding steroid dienone is 1. The van der Waals surface area contributed by atoms with Gasteiger partial charge in [-0.1, -0.05) is 31.3 Å². The Bertz CT molecular complexity index is 326. The topological polar surface area (TPSA) is 40.5 Å². The first-order valence-corrected chi connectivity index (χ1v) is 5.41. The van der Waals surface area contributed by atoms with E-state index in [0.717, 1.165) is 17.6 Å². The zero-order valence-corrected chi connectivity index (χ0v) is 9.96. The fourth-order valence-electron chi connectivity index (χ4n) is 2.25. The molecule has 0 spiro atoms. The predicted molar refractivity (Wildman–Crippen MR) is 61.2 cm³/mol. The third kappa shape index (κ3) is 3.09. The van der Waals surface area contributed by atoms with E-state index in [0.29, 0.717) is 6.42 Å². The number of hydrogen-bond acceptors (Lipinski definition) is 2. The van der Waals surface area contributed by atoms with Crippen LogP contribution in [0.3, 0.4) is 0 Å². The van der Waals surface area contributed by atoms with Crippen LogP contribution < -0.4 is 0 Å². The summed E-state index contributed by atoms with van der Waals surface area (Å²) in [5, 5.41) is 18.8. The molecule has 1 aliphatic carbocycles. The van der Waals surface area contributed by atoms with Gasteiger partial charge in [-0.15, -0.1) is 0 Å². The molecule has 0 saturated carbocycles. The molecule has 0 amide bonds. The van der Waals surface area contributed by atoms with Crippen LogP contribution in [-0.4, -0.2) is 22.4 Å². The van der Waals surface area contributed by atoms with Gasteiger partial charge in [0.05, 0.1) is 6.10 Å². The van der Waals surface area contributed by atoms with E-state index in [1.54, 1.807) is 6.92 Å². The predicted octanol–water partition coefficient (Wildman–Crippen LogP) is 1.87.